The Morgan fingerprint density at radius 3 is 2.33 bits per heavy atom. The van der Waals surface area contributed by atoms with Crippen LogP contribution in [0.4, 0.5) is 0 Å². The number of rotatable bonds is 13. The zero-order chi connectivity index (χ0) is 21.8. The normalized spacial score (nSPS) is 11.5. The maximum atomic E-state index is 11.9. The molecule has 0 radical (unpaired) electrons. The molecule has 0 saturated carbocycles. The van der Waals surface area contributed by atoms with Crippen LogP contribution in [0.3, 0.4) is 0 Å². The van der Waals surface area contributed by atoms with Crippen molar-refractivity contribution in [2.45, 2.75) is 12.5 Å². The van der Waals surface area contributed by atoms with Crippen molar-refractivity contribution >= 4 is 23.4 Å². The molecule has 0 saturated heterocycles. The summed E-state index contributed by atoms with van der Waals surface area (Å²) in [6, 6.07) is 14.2. The predicted molar refractivity (Wildman–Crippen MR) is 114 cm³/mol. The van der Waals surface area contributed by atoms with Gasteiger partial charge in [0.2, 0.25) is 5.91 Å². The Bertz CT molecular complexity index is 799. The van der Waals surface area contributed by atoms with Gasteiger partial charge in [-0.15, -0.1) is 0 Å². The zero-order valence-electron chi connectivity index (χ0n) is 16.5. The standard InChI is InChI=1S/C21H26ClN3O5/c22-16-3-7-19(8-4-16)30-14-21(28)25-10-9-15-1-5-18(6-2-15)29-13-17(26)11-24-12-20(23)27/h1-8,17,24,26H,9-14H2,(H2,23,27)(H,25,28). The van der Waals surface area contributed by atoms with Gasteiger partial charge < -0.3 is 30.9 Å². The number of aliphatic hydroxyl groups is 1. The molecular formula is C21H26ClN3O5. The van der Waals surface area contributed by atoms with E-state index >= 15 is 0 Å². The van der Waals surface area contributed by atoms with E-state index in [9.17, 15) is 14.7 Å². The number of ether oxygens (including phenoxy) is 2. The summed E-state index contributed by atoms with van der Waals surface area (Å²) in [6.07, 6.45) is -0.0959. The van der Waals surface area contributed by atoms with Crippen molar-refractivity contribution in [3.05, 3.63) is 59.1 Å². The molecule has 0 bridgehead atoms. The minimum Gasteiger partial charge on any atom is -0.491 e. The molecule has 2 aromatic carbocycles. The van der Waals surface area contributed by atoms with Crippen molar-refractivity contribution in [3.8, 4) is 11.5 Å². The number of hydrogen-bond donors (Lipinski definition) is 4. The number of halogens is 1. The summed E-state index contributed by atoms with van der Waals surface area (Å²) in [4.78, 5) is 22.5. The zero-order valence-corrected chi connectivity index (χ0v) is 17.2. The van der Waals surface area contributed by atoms with Crippen molar-refractivity contribution in [2.75, 3.05) is 32.8 Å². The fraction of sp³-hybridized carbons (Fsp3) is 0.333. The van der Waals surface area contributed by atoms with Gasteiger partial charge in [-0.1, -0.05) is 23.7 Å². The summed E-state index contributed by atoms with van der Waals surface area (Å²) in [5.41, 5.74) is 6.04. The molecule has 8 nitrogen and oxygen atoms in total. The van der Waals surface area contributed by atoms with E-state index in [0.29, 0.717) is 29.5 Å². The van der Waals surface area contributed by atoms with Gasteiger partial charge in [0.15, 0.2) is 6.61 Å². The van der Waals surface area contributed by atoms with Crippen molar-refractivity contribution in [1.29, 1.82) is 0 Å². The second-order valence-electron chi connectivity index (χ2n) is 6.55. The van der Waals surface area contributed by atoms with Crippen molar-refractivity contribution in [3.63, 3.8) is 0 Å². The van der Waals surface area contributed by atoms with E-state index in [1.165, 1.54) is 0 Å². The van der Waals surface area contributed by atoms with Crippen LogP contribution in [0.1, 0.15) is 5.56 Å². The van der Waals surface area contributed by atoms with Crippen LogP contribution in [0.5, 0.6) is 11.5 Å². The van der Waals surface area contributed by atoms with Gasteiger partial charge in [-0.05, 0) is 48.4 Å². The first-order valence-corrected chi connectivity index (χ1v) is 9.84. The third-order valence-electron chi connectivity index (χ3n) is 3.96. The number of carbonyl (C=O) groups excluding carboxylic acids is 2. The van der Waals surface area contributed by atoms with E-state index in [1.54, 1.807) is 36.4 Å². The van der Waals surface area contributed by atoms with E-state index in [-0.39, 0.29) is 32.2 Å². The molecule has 162 valence electrons. The number of primary amides is 1. The molecule has 5 N–H and O–H groups in total. The van der Waals surface area contributed by atoms with E-state index in [4.69, 9.17) is 26.8 Å². The van der Waals surface area contributed by atoms with Crippen LogP contribution in [-0.2, 0) is 16.0 Å². The molecule has 0 fully saturated rings. The molecule has 0 aliphatic carbocycles. The highest BCUT2D eigenvalue weighted by atomic mass is 35.5. The number of hydrogen-bond acceptors (Lipinski definition) is 6. The minimum atomic E-state index is -0.755. The summed E-state index contributed by atoms with van der Waals surface area (Å²) in [7, 11) is 0. The van der Waals surface area contributed by atoms with E-state index in [0.717, 1.165) is 5.56 Å². The maximum Gasteiger partial charge on any atom is 0.257 e. The molecule has 0 aliphatic heterocycles. The molecule has 0 heterocycles. The lowest BCUT2D eigenvalue weighted by molar-refractivity contribution is -0.123. The summed E-state index contributed by atoms with van der Waals surface area (Å²) < 4.78 is 10.9. The largest absolute Gasteiger partial charge is 0.491 e. The summed E-state index contributed by atoms with van der Waals surface area (Å²) in [5.74, 6) is 0.514. The molecule has 1 unspecified atom stereocenters. The number of nitrogens with two attached hydrogens (primary N) is 1. The Kier molecular flexibility index (Phi) is 9.93. The minimum absolute atomic E-state index is 0.00947. The average molecular weight is 436 g/mol. The fourth-order valence-electron chi connectivity index (χ4n) is 2.44. The third kappa shape index (κ3) is 9.60. The number of amides is 2. The third-order valence-corrected chi connectivity index (χ3v) is 4.22. The molecule has 0 aliphatic rings. The lowest BCUT2D eigenvalue weighted by atomic mass is 10.1. The number of nitrogens with one attached hydrogen (secondary N) is 2. The van der Waals surface area contributed by atoms with Gasteiger partial charge in [0, 0.05) is 18.1 Å². The lowest BCUT2D eigenvalue weighted by Crippen LogP contribution is -2.36. The first-order valence-electron chi connectivity index (χ1n) is 9.46. The molecule has 1 atom stereocenters. The highest BCUT2D eigenvalue weighted by Crippen LogP contribution is 2.15. The Hall–Kier alpha value is -2.81. The van der Waals surface area contributed by atoms with Gasteiger partial charge in [0.1, 0.15) is 24.2 Å². The van der Waals surface area contributed by atoms with Crippen LogP contribution in [-0.4, -0.2) is 55.9 Å². The van der Waals surface area contributed by atoms with Gasteiger partial charge in [-0.25, -0.2) is 0 Å². The van der Waals surface area contributed by atoms with Crippen LogP contribution >= 0.6 is 11.6 Å². The van der Waals surface area contributed by atoms with Gasteiger partial charge in [-0.2, -0.15) is 0 Å². The highest BCUT2D eigenvalue weighted by Gasteiger charge is 2.06. The Morgan fingerprint density at radius 2 is 1.67 bits per heavy atom. The number of aliphatic hydroxyl groups excluding tert-OH is 1. The SMILES string of the molecule is NC(=O)CNCC(O)COc1ccc(CCNC(=O)COc2ccc(Cl)cc2)cc1. The average Bonchev–Trinajstić information content (AvgIpc) is 2.72. The van der Waals surface area contributed by atoms with Gasteiger partial charge in [-0.3, -0.25) is 9.59 Å². The fourth-order valence-corrected chi connectivity index (χ4v) is 2.57. The van der Waals surface area contributed by atoms with Crippen molar-refractivity contribution < 1.29 is 24.2 Å². The van der Waals surface area contributed by atoms with Crippen LogP contribution in [0.25, 0.3) is 0 Å². The maximum absolute atomic E-state index is 11.9. The molecular weight excluding hydrogens is 410 g/mol. The van der Waals surface area contributed by atoms with Crippen molar-refractivity contribution in [2.24, 2.45) is 5.73 Å². The highest BCUT2D eigenvalue weighted by molar-refractivity contribution is 6.30. The second kappa shape index (κ2) is 12.7. The van der Waals surface area contributed by atoms with Gasteiger partial charge >= 0.3 is 0 Å². The van der Waals surface area contributed by atoms with Crippen LogP contribution in [0.15, 0.2) is 48.5 Å². The quantitative estimate of drug-likeness (QED) is 0.370. The van der Waals surface area contributed by atoms with E-state index < -0.39 is 12.0 Å². The lowest BCUT2D eigenvalue weighted by Gasteiger charge is -2.13. The second-order valence-corrected chi connectivity index (χ2v) is 6.98. The van der Waals surface area contributed by atoms with Crippen molar-refractivity contribution in [1.82, 2.24) is 10.6 Å². The Balaban J connectivity index is 1.61. The molecule has 2 aromatic rings. The van der Waals surface area contributed by atoms with E-state index in [2.05, 4.69) is 10.6 Å². The molecule has 2 amide bonds. The monoisotopic (exact) mass is 435 g/mol. The first-order chi connectivity index (χ1) is 14.4. The molecule has 30 heavy (non-hydrogen) atoms. The predicted octanol–water partition coefficient (Wildman–Crippen LogP) is 0.892. The van der Waals surface area contributed by atoms with E-state index in [1.807, 2.05) is 12.1 Å². The smallest absolute Gasteiger partial charge is 0.257 e. The summed E-state index contributed by atoms with van der Waals surface area (Å²) in [6.45, 7) is 0.727. The molecule has 2 rings (SSSR count). The summed E-state index contributed by atoms with van der Waals surface area (Å²) >= 11 is 5.80. The molecule has 0 spiro atoms. The summed E-state index contributed by atoms with van der Waals surface area (Å²) in [5, 5.41) is 15.9. The van der Waals surface area contributed by atoms with Gasteiger partial charge in [0.25, 0.3) is 5.91 Å². The van der Waals surface area contributed by atoms with Crippen LogP contribution in [0, 0.1) is 0 Å². The van der Waals surface area contributed by atoms with Crippen LogP contribution in [0.2, 0.25) is 5.02 Å². The first kappa shape index (κ1) is 23.5. The van der Waals surface area contributed by atoms with Crippen LogP contribution < -0.4 is 25.8 Å². The topological polar surface area (TPSA) is 123 Å². The molecule has 9 heteroatoms. The molecule has 0 aromatic heterocycles. The van der Waals surface area contributed by atoms with Gasteiger partial charge in [0.05, 0.1) is 6.54 Å². The Labute approximate surface area is 180 Å². The Morgan fingerprint density at radius 1 is 1.03 bits per heavy atom. The number of benzene rings is 2. The number of carbonyl (C=O) groups is 2.